The highest BCUT2D eigenvalue weighted by molar-refractivity contribution is 5.74. The van der Waals surface area contributed by atoms with Gasteiger partial charge in [-0.3, -0.25) is 0 Å². The summed E-state index contributed by atoms with van der Waals surface area (Å²) in [5.74, 6) is 0.699. The molecule has 0 bridgehead atoms. The molecule has 142 valence electrons. The molecule has 1 atom stereocenters. The van der Waals surface area contributed by atoms with Crippen LogP contribution in [0.5, 0.6) is 11.5 Å². The Morgan fingerprint density at radius 1 is 1.12 bits per heavy atom. The molecular formula is C16H27N3O6. The van der Waals surface area contributed by atoms with Crippen molar-refractivity contribution in [1.82, 2.24) is 15.5 Å². The zero-order chi connectivity index (χ0) is 18.5. The summed E-state index contributed by atoms with van der Waals surface area (Å²) in [5.41, 5.74) is 0. The number of ether oxygens (including phenoxy) is 1. The molecule has 1 rings (SSSR count). The molecule has 1 aromatic carbocycles. The highest BCUT2D eigenvalue weighted by Crippen LogP contribution is 2.15. The van der Waals surface area contributed by atoms with Gasteiger partial charge in [0.1, 0.15) is 24.2 Å². The molecule has 1 aromatic rings. The number of urea groups is 1. The highest BCUT2D eigenvalue weighted by Gasteiger charge is 2.11. The van der Waals surface area contributed by atoms with Gasteiger partial charge in [-0.05, 0) is 24.3 Å². The summed E-state index contributed by atoms with van der Waals surface area (Å²) in [5, 5.41) is 42.3. The van der Waals surface area contributed by atoms with E-state index >= 15 is 0 Å². The minimum absolute atomic E-state index is 0.102. The molecule has 0 saturated heterocycles. The maximum Gasteiger partial charge on any atom is 0.317 e. The summed E-state index contributed by atoms with van der Waals surface area (Å²) < 4.78 is 5.38. The fourth-order valence-corrected chi connectivity index (χ4v) is 1.99. The molecule has 0 aliphatic heterocycles. The van der Waals surface area contributed by atoms with Gasteiger partial charge in [-0.15, -0.1) is 0 Å². The van der Waals surface area contributed by atoms with Crippen LogP contribution in [0.2, 0.25) is 0 Å². The van der Waals surface area contributed by atoms with Crippen LogP contribution in [0, 0.1) is 0 Å². The zero-order valence-corrected chi connectivity index (χ0v) is 14.1. The van der Waals surface area contributed by atoms with E-state index in [-0.39, 0.29) is 44.7 Å². The van der Waals surface area contributed by atoms with E-state index in [1.807, 2.05) is 0 Å². The van der Waals surface area contributed by atoms with E-state index in [2.05, 4.69) is 10.6 Å². The Morgan fingerprint density at radius 2 is 1.76 bits per heavy atom. The van der Waals surface area contributed by atoms with E-state index in [1.54, 1.807) is 12.1 Å². The van der Waals surface area contributed by atoms with Crippen LogP contribution in [0.4, 0.5) is 4.79 Å². The second-order valence-electron chi connectivity index (χ2n) is 5.33. The van der Waals surface area contributed by atoms with Gasteiger partial charge in [-0.2, -0.15) is 0 Å². The van der Waals surface area contributed by atoms with E-state index < -0.39 is 6.10 Å². The Bertz CT molecular complexity index is 479. The Balaban J connectivity index is 2.11. The minimum atomic E-state index is -0.718. The number of aliphatic hydroxyl groups excluding tert-OH is 3. The molecule has 0 radical (unpaired) electrons. The number of rotatable bonds is 12. The molecule has 0 aliphatic carbocycles. The third-order valence-electron chi connectivity index (χ3n) is 3.26. The van der Waals surface area contributed by atoms with Gasteiger partial charge in [0.2, 0.25) is 0 Å². The van der Waals surface area contributed by atoms with Crippen LogP contribution in [0.15, 0.2) is 24.3 Å². The first-order valence-corrected chi connectivity index (χ1v) is 8.12. The third kappa shape index (κ3) is 9.11. The molecule has 0 fully saturated rings. The summed E-state index contributed by atoms with van der Waals surface area (Å²) in [6.07, 6.45) is -0.718. The number of aliphatic hydroxyl groups is 3. The number of phenols is 1. The lowest BCUT2D eigenvalue weighted by Crippen LogP contribution is -2.45. The lowest BCUT2D eigenvalue weighted by atomic mass is 10.3. The largest absolute Gasteiger partial charge is 0.508 e. The molecule has 25 heavy (non-hydrogen) atoms. The number of hydrogen-bond donors (Lipinski definition) is 6. The Morgan fingerprint density at radius 3 is 2.36 bits per heavy atom. The van der Waals surface area contributed by atoms with Gasteiger partial charge < -0.3 is 40.7 Å². The number of carbonyl (C=O) groups is 1. The van der Waals surface area contributed by atoms with Crippen molar-refractivity contribution in [3.63, 3.8) is 0 Å². The third-order valence-corrected chi connectivity index (χ3v) is 3.26. The molecule has 0 aliphatic rings. The monoisotopic (exact) mass is 357 g/mol. The highest BCUT2D eigenvalue weighted by atomic mass is 16.5. The van der Waals surface area contributed by atoms with E-state index in [0.29, 0.717) is 25.4 Å². The van der Waals surface area contributed by atoms with E-state index in [0.717, 1.165) is 0 Å². The van der Waals surface area contributed by atoms with Gasteiger partial charge in [0.25, 0.3) is 0 Å². The van der Waals surface area contributed by atoms with Crippen molar-refractivity contribution >= 4 is 6.03 Å². The van der Waals surface area contributed by atoms with Gasteiger partial charge in [-0.25, -0.2) is 4.79 Å². The topological polar surface area (TPSA) is 135 Å². The summed E-state index contributed by atoms with van der Waals surface area (Å²) in [4.78, 5) is 13.1. The van der Waals surface area contributed by atoms with E-state index in [4.69, 9.17) is 20.1 Å². The maximum absolute atomic E-state index is 11.8. The number of hydrogen-bond acceptors (Lipinski definition) is 7. The fraction of sp³-hybridized carbons (Fsp3) is 0.562. The fourth-order valence-electron chi connectivity index (χ4n) is 1.99. The summed E-state index contributed by atoms with van der Waals surface area (Å²) in [6, 6.07) is 5.85. The molecule has 2 amide bonds. The van der Waals surface area contributed by atoms with Gasteiger partial charge in [0.15, 0.2) is 0 Å². The smallest absolute Gasteiger partial charge is 0.317 e. The molecule has 0 saturated carbocycles. The molecule has 0 aromatic heterocycles. The predicted octanol–water partition coefficient (Wildman–Crippen LogP) is -1.28. The first-order chi connectivity index (χ1) is 12.1. The van der Waals surface area contributed by atoms with E-state index in [9.17, 15) is 9.90 Å². The molecule has 1 unspecified atom stereocenters. The SMILES string of the molecule is O=C(NCCNCC(O)COc1ccc(O)cc1)N(CCO)CCO. The summed E-state index contributed by atoms with van der Waals surface area (Å²) >= 11 is 0. The first kappa shape index (κ1) is 21.0. The second-order valence-corrected chi connectivity index (χ2v) is 5.33. The van der Waals surface area contributed by atoms with Crippen molar-refractivity contribution in [2.75, 3.05) is 52.5 Å². The lowest BCUT2D eigenvalue weighted by Gasteiger charge is -2.21. The average molecular weight is 357 g/mol. The van der Waals surface area contributed by atoms with Crippen LogP contribution in [0.1, 0.15) is 0 Å². The summed E-state index contributed by atoms with van der Waals surface area (Å²) in [6.45, 7) is 1.18. The van der Waals surface area contributed by atoms with Crippen molar-refractivity contribution in [3.8, 4) is 11.5 Å². The van der Waals surface area contributed by atoms with Crippen LogP contribution in [-0.2, 0) is 0 Å². The Labute approximate surface area is 146 Å². The van der Waals surface area contributed by atoms with Gasteiger partial charge >= 0.3 is 6.03 Å². The number of aromatic hydroxyl groups is 1. The maximum atomic E-state index is 11.8. The molecule has 9 heteroatoms. The van der Waals surface area contributed by atoms with Crippen molar-refractivity contribution in [2.45, 2.75) is 6.10 Å². The standard InChI is InChI=1S/C16H27N3O6/c20-9-7-19(8-10-21)16(24)18-6-5-17-11-14(23)12-25-15-3-1-13(22)2-4-15/h1-4,14,17,20-23H,5-12H2,(H,18,24). The minimum Gasteiger partial charge on any atom is -0.508 e. The van der Waals surface area contributed by atoms with Crippen molar-refractivity contribution < 1.29 is 30.0 Å². The van der Waals surface area contributed by atoms with Crippen LogP contribution in [-0.4, -0.2) is 90.0 Å². The van der Waals surface area contributed by atoms with Gasteiger partial charge in [0.05, 0.1) is 13.2 Å². The summed E-state index contributed by atoms with van der Waals surface area (Å²) in [7, 11) is 0. The number of nitrogens with zero attached hydrogens (tertiary/aromatic N) is 1. The predicted molar refractivity (Wildman–Crippen MR) is 91.6 cm³/mol. The molecule has 9 nitrogen and oxygen atoms in total. The number of benzene rings is 1. The van der Waals surface area contributed by atoms with Gasteiger partial charge in [0, 0.05) is 32.7 Å². The number of amides is 2. The first-order valence-electron chi connectivity index (χ1n) is 8.12. The van der Waals surface area contributed by atoms with Crippen LogP contribution < -0.4 is 15.4 Å². The quantitative estimate of drug-likeness (QED) is 0.257. The molecule has 0 spiro atoms. The van der Waals surface area contributed by atoms with Crippen molar-refractivity contribution in [1.29, 1.82) is 0 Å². The van der Waals surface area contributed by atoms with E-state index in [1.165, 1.54) is 17.0 Å². The Kier molecular flexibility index (Phi) is 10.3. The number of phenolic OH excluding ortho intramolecular Hbond substituents is 1. The molecule has 0 heterocycles. The van der Waals surface area contributed by atoms with Crippen LogP contribution in [0.3, 0.4) is 0 Å². The number of nitrogens with one attached hydrogen (secondary N) is 2. The zero-order valence-electron chi connectivity index (χ0n) is 14.1. The molecule has 6 N–H and O–H groups in total. The van der Waals surface area contributed by atoms with Crippen LogP contribution >= 0.6 is 0 Å². The van der Waals surface area contributed by atoms with Crippen molar-refractivity contribution in [3.05, 3.63) is 24.3 Å². The number of carbonyl (C=O) groups excluding carboxylic acids is 1. The normalized spacial score (nSPS) is 11.8. The van der Waals surface area contributed by atoms with Gasteiger partial charge in [-0.1, -0.05) is 0 Å². The van der Waals surface area contributed by atoms with Crippen LogP contribution in [0.25, 0.3) is 0 Å². The lowest BCUT2D eigenvalue weighted by molar-refractivity contribution is 0.106. The Hall–Kier alpha value is -2.07. The average Bonchev–Trinajstić information content (AvgIpc) is 2.60. The van der Waals surface area contributed by atoms with Crippen molar-refractivity contribution in [2.24, 2.45) is 0 Å². The second kappa shape index (κ2) is 12.3. The molecular weight excluding hydrogens is 330 g/mol.